The van der Waals surface area contributed by atoms with Gasteiger partial charge in [-0.15, -0.1) is 0 Å². The van der Waals surface area contributed by atoms with Crippen molar-refractivity contribution in [3.8, 4) is 0 Å². The van der Waals surface area contributed by atoms with E-state index in [1.54, 1.807) is 0 Å². The predicted octanol–water partition coefficient (Wildman–Crippen LogP) is 1.96. The summed E-state index contributed by atoms with van der Waals surface area (Å²) in [5.41, 5.74) is 3.14. The van der Waals surface area contributed by atoms with Gasteiger partial charge in [0.25, 0.3) is 0 Å². The second kappa shape index (κ2) is 6.08. The Morgan fingerprint density at radius 2 is 2.05 bits per heavy atom. The first-order chi connectivity index (χ1) is 10.3. The van der Waals surface area contributed by atoms with Gasteiger partial charge < -0.3 is 4.90 Å². The molecule has 110 valence electrons. The highest BCUT2D eigenvalue weighted by Gasteiger charge is 2.29. The molecule has 1 atom stereocenters. The molecule has 1 aromatic heterocycles. The Balaban J connectivity index is 1.68. The number of carbonyl (C=O) groups excluding carboxylic acids is 1. The van der Waals surface area contributed by atoms with Crippen LogP contribution in [0.2, 0.25) is 0 Å². The number of hydrogen-bond donors (Lipinski definition) is 1. The number of aromatic nitrogens is 3. The first kappa shape index (κ1) is 13.8. The summed E-state index contributed by atoms with van der Waals surface area (Å²) in [6.07, 6.45) is 2.41. The van der Waals surface area contributed by atoms with Crippen LogP contribution in [0.25, 0.3) is 0 Å². The van der Waals surface area contributed by atoms with E-state index in [1.807, 2.05) is 30.0 Å². The van der Waals surface area contributed by atoms with Crippen LogP contribution in [0.5, 0.6) is 0 Å². The number of hydrogen-bond acceptors (Lipinski definition) is 3. The van der Waals surface area contributed by atoms with Crippen molar-refractivity contribution >= 4 is 5.91 Å². The van der Waals surface area contributed by atoms with Gasteiger partial charge >= 0.3 is 0 Å². The number of H-pyrrole nitrogens is 1. The third kappa shape index (κ3) is 2.96. The average Bonchev–Trinajstić information content (AvgIpc) is 3.00. The number of nitrogens with one attached hydrogen (secondary N) is 1. The Kier molecular flexibility index (Phi) is 3.99. The quantitative estimate of drug-likeness (QED) is 0.933. The number of aryl methyl sites for hydroxylation is 1. The van der Waals surface area contributed by atoms with Gasteiger partial charge in [-0.05, 0) is 25.3 Å². The summed E-state index contributed by atoms with van der Waals surface area (Å²) >= 11 is 0. The largest absolute Gasteiger partial charge is 0.338 e. The maximum Gasteiger partial charge on any atom is 0.226 e. The summed E-state index contributed by atoms with van der Waals surface area (Å²) in [6, 6.07) is 10.1. The second-order valence-electron chi connectivity index (χ2n) is 5.49. The minimum absolute atomic E-state index is 0.0336. The van der Waals surface area contributed by atoms with Gasteiger partial charge in [-0.25, -0.2) is 0 Å². The molecule has 1 amide bonds. The number of fused-ring (bicyclic) bond motifs is 1. The number of amides is 1. The normalized spacial score (nSPS) is 17.3. The molecule has 0 fully saturated rings. The zero-order valence-electron chi connectivity index (χ0n) is 12.2. The first-order valence-electron chi connectivity index (χ1n) is 7.49. The highest BCUT2D eigenvalue weighted by molar-refractivity contribution is 5.79. The van der Waals surface area contributed by atoms with Gasteiger partial charge in [-0.3, -0.25) is 4.79 Å². The molecule has 1 N–H and O–H groups in total. The van der Waals surface area contributed by atoms with E-state index in [4.69, 9.17) is 0 Å². The van der Waals surface area contributed by atoms with E-state index in [9.17, 15) is 4.79 Å². The van der Waals surface area contributed by atoms with E-state index < -0.39 is 0 Å². The lowest BCUT2D eigenvalue weighted by atomic mass is 9.88. The molecule has 1 aromatic carbocycles. The minimum atomic E-state index is 0.0336. The smallest absolute Gasteiger partial charge is 0.226 e. The van der Waals surface area contributed by atoms with Crippen LogP contribution in [-0.2, 0) is 24.2 Å². The molecule has 21 heavy (non-hydrogen) atoms. The van der Waals surface area contributed by atoms with Crippen LogP contribution in [0.3, 0.4) is 0 Å². The fourth-order valence-electron chi connectivity index (χ4n) is 2.90. The van der Waals surface area contributed by atoms with E-state index in [0.717, 1.165) is 30.8 Å². The maximum absolute atomic E-state index is 12.7. The molecule has 0 radical (unpaired) electrons. The molecule has 2 aromatic rings. The molecule has 0 spiro atoms. The van der Waals surface area contributed by atoms with Gasteiger partial charge in [0.2, 0.25) is 5.91 Å². The molecule has 1 aliphatic carbocycles. The van der Waals surface area contributed by atoms with Gasteiger partial charge in [-0.1, -0.05) is 30.3 Å². The fraction of sp³-hybridized carbons (Fsp3) is 0.438. The predicted molar refractivity (Wildman–Crippen MR) is 79.4 cm³/mol. The first-order valence-corrected chi connectivity index (χ1v) is 7.49. The number of aromatic amines is 1. The molecule has 0 saturated carbocycles. The van der Waals surface area contributed by atoms with Crippen LogP contribution < -0.4 is 0 Å². The van der Waals surface area contributed by atoms with Crippen LogP contribution in [0.4, 0.5) is 0 Å². The molecule has 0 saturated heterocycles. The SMILES string of the molecule is CCN(Cc1ccccc1)C(=O)C1CCc2n[nH]nc2C1. The fourth-order valence-corrected chi connectivity index (χ4v) is 2.90. The van der Waals surface area contributed by atoms with Crippen LogP contribution in [0, 0.1) is 5.92 Å². The number of rotatable bonds is 4. The highest BCUT2D eigenvalue weighted by atomic mass is 16.2. The van der Waals surface area contributed by atoms with E-state index in [-0.39, 0.29) is 11.8 Å². The Labute approximate surface area is 124 Å². The zero-order valence-corrected chi connectivity index (χ0v) is 12.2. The lowest BCUT2D eigenvalue weighted by Crippen LogP contribution is -2.38. The summed E-state index contributed by atoms with van der Waals surface area (Å²) in [7, 11) is 0. The Morgan fingerprint density at radius 3 is 2.81 bits per heavy atom. The van der Waals surface area contributed by atoms with Crippen molar-refractivity contribution in [3.63, 3.8) is 0 Å². The van der Waals surface area contributed by atoms with Crippen LogP contribution in [-0.4, -0.2) is 32.8 Å². The molecule has 1 heterocycles. The monoisotopic (exact) mass is 284 g/mol. The van der Waals surface area contributed by atoms with Crippen molar-refractivity contribution in [3.05, 3.63) is 47.3 Å². The standard InChI is InChI=1S/C16H20N4O/c1-2-20(11-12-6-4-3-5-7-12)16(21)13-8-9-14-15(10-13)18-19-17-14/h3-7,13H,2,8-11H2,1H3,(H,17,18,19). The van der Waals surface area contributed by atoms with Gasteiger partial charge in [0.1, 0.15) is 0 Å². The molecular formula is C16H20N4O. The van der Waals surface area contributed by atoms with Gasteiger partial charge in [-0.2, -0.15) is 15.4 Å². The molecule has 1 unspecified atom stereocenters. The lowest BCUT2D eigenvalue weighted by Gasteiger charge is -2.28. The van der Waals surface area contributed by atoms with Gasteiger partial charge in [0.05, 0.1) is 11.4 Å². The summed E-state index contributed by atoms with van der Waals surface area (Å²) < 4.78 is 0. The molecule has 1 aliphatic rings. The Bertz CT molecular complexity index is 608. The summed E-state index contributed by atoms with van der Waals surface area (Å²) in [5.74, 6) is 0.265. The summed E-state index contributed by atoms with van der Waals surface area (Å²) in [5, 5.41) is 10.9. The second-order valence-corrected chi connectivity index (χ2v) is 5.49. The van der Waals surface area contributed by atoms with Crippen LogP contribution in [0.1, 0.15) is 30.3 Å². The van der Waals surface area contributed by atoms with Crippen molar-refractivity contribution in [2.45, 2.75) is 32.7 Å². The minimum Gasteiger partial charge on any atom is -0.338 e. The van der Waals surface area contributed by atoms with Crippen molar-refractivity contribution in [1.29, 1.82) is 0 Å². The third-order valence-corrected chi connectivity index (χ3v) is 4.13. The van der Waals surface area contributed by atoms with Crippen molar-refractivity contribution in [2.75, 3.05) is 6.54 Å². The van der Waals surface area contributed by atoms with E-state index >= 15 is 0 Å². The summed E-state index contributed by atoms with van der Waals surface area (Å²) in [4.78, 5) is 14.7. The maximum atomic E-state index is 12.7. The number of carbonyl (C=O) groups is 1. The van der Waals surface area contributed by atoms with Crippen molar-refractivity contribution in [2.24, 2.45) is 5.92 Å². The van der Waals surface area contributed by atoms with Crippen molar-refractivity contribution in [1.82, 2.24) is 20.3 Å². The molecule has 0 aliphatic heterocycles. The topological polar surface area (TPSA) is 61.9 Å². The van der Waals surface area contributed by atoms with Crippen LogP contribution >= 0.6 is 0 Å². The molecule has 5 heteroatoms. The van der Waals surface area contributed by atoms with E-state index in [1.165, 1.54) is 5.56 Å². The third-order valence-electron chi connectivity index (χ3n) is 4.13. The highest BCUT2D eigenvalue weighted by Crippen LogP contribution is 2.24. The lowest BCUT2D eigenvalue weighted by molar-refractivity contribution is -0.136. The molecule has 5 nitrogen and oxygen atoms in total. The average molecular weight is 284 g/mol. The Morgan fingerprint density at radius 1 is 1.29 bits per heavy atom. The number of benzene rings is 1. The number of nitrogens with zero attached hydrogens (tertiary/aromatic N) is 3. The Hall–Kier alpha value is -2.17. The van der Waals surface area contributed by atoms with E-state index in [0.29, 0.717) is 13.0 Å². The summed E-state index contributed by atoms with van der Waals surface area (Å²) in [6.45, 7) is 3.44. The zero-order chi connectivity index (χ0) is 14.7. The van der Waals surface area contributed by atoms with Gasteiger partial charge in [0, 0.05) is 25.4 Å². The van der Waals surface area contributed by atoms with Crippen molar-refractivity contribution < 1.29 is 4.79 Å². The molecular weight excluding hydrogens is 264 g/mol. The van der Waals surface area contributed by atoms with E-state index in [2.05, 4.69) is 27.5 Å². The van der Waals surface area contributed by atoms with Gasteiger partial charge in [0.15, 0.2) is 0 Å². The molecule has 0 bridgehead atoms. The van der Waals surface area contributed by atoms with Crippen LogP contribution in [0.15, 0.2) is 30.3 Å². The molecule has 3 rings (SSSR count).